The Balaban J connectivity index is 1.94. The number of aromatic nitrogens is 5. The summed E-state index contributed by atoms with van der Waals surface area (Å²) in [6.45, 7) is 0.500. The van der Waals surface area contributed by atoms with E-state index in [1.807, 2.05) is 0 Å². The maximum Gasteiger partial charge on any atom is 0.333 e. The van der Waals surface area contributed by atoms with Crippen molar-refractivity contribution in [2.45, 2.75) is 44.9 Å². The fourth-order valence-corrected chi connectivity index (χ4v) is 2.92. The largest absolute Gasteiger partial charge is 0.394 e. The van der Waals surface area contributed by atoms with Gasteiger partial charge in [-0.3, -0.25) is 13.9 Å². The fraction of sp³-hybridized carbons (Fsp3) is 0.600. The van der Waals surface area contributed by atoms with Gasteiger partial charge >= 0.3 is 5.69 Å². The van der Waals surface area contributed by atoms with Crippen molar-refractivity contribution in [1.29, 1.82) is 0 Å². The maximum absolute atomic E-state index is 12.8. The van der Waals surface area contributed by atoms with E-state index in [0.29, 0.717) is 11.3 Å². The predicted molar refractivity (Wildman–Crippen MR) is 86.4 cm³/mol. The molecule has 1 aliphatic heterocycles. The van der Waals surface area contributed by atoms with Crippen LogP contribution >= 0.6 is 0 Å². The first-order chi connectivity index (χ1) is 12.4. The number of ether oxygens (including phenoxy) is 1. The second kappa shape index (κ2) is 7.48. The van der Waals surface area contributed by atoms with Crippen LogP contribution in [-0.4, -0.2) is 59.8 Å². The Morgan fingerprint density at radius 1 is 1.38 bits per heavy atom. The van der Waals surface area contributed by atoms with Crippen molar-refractivity contribution < 1.29 is 19.3 Å². The lowest BCUT2D eigenvalue weighted by atomic mass is 10.2. The van der Waals surface area contributed by atoms with Gasteiger partial charge in [0.15, 0.2) is 0 Å². The number of nitrogens with zero attached hydrogens (tertiary/aromatic N) is 5. The number of aliphatic hydroxyl groups excluding tert-OH is 2. The van der Waals surface area contributed by atoms with E-state index in [-0.39, 0.29) is 26.1 Å². The molecule has 3 rings (SSSR count). The van der Waals surface area contributed by atoms with E-state index in [4.69, 9.17) is 4.74 Å². The fourth-order valence-electron chi connectivity index (χ4n) is 2.92. The van der Waals surface area contributed by atoms with E-state index in [1.54, 1.807) is 6.92 Å². The molecule has 11 heteroatoms. The standard InChI is InChI=1S/C15H20FN5O5/c1-9-5-20(13-4-11(23)12(8-22)26-13)15(25)21(14(9)24)7-10-6-19(3-2-16)18-17-10/h5-6,11-13,22-23H,2-4,7-8H2,1H3/t11-,12?,13?/m0/s1. The number of hydrogen-bond donors (Lipinski definition) is 2. The molecule has 1 fully saturated rings. The highest BCUT2D eigenvalue weighted by molar-refractivity contribution is 5.06. The normalized spacial score (nSPS) is 22.8. The van der Waals surface area contributed by atoms with E-state index >= 15 is 0 Å². The molecule has 0 radical (unpaired) electrons. The molecule has 1 aliphatic rings. The van der Waals surface area contributed by atoms with Crippen molar-refractivity contribution in [2.24, 2.45) is 0 Å². The van der Waals surface area contributed by atoms with Crippen LogP contribution in [-0.2, 0) is 17.8 Å². The third kappa shape index (κ3) is 3.45. The average molecular weight is 369 g/mol. The number of rotatable bonds is 6. The summed E-state index contributed by atoms with van der Waals surface area (Å²) in [5, 5.41) is 26.6. The summed E-state index contributed by atoms with van der Waals surface area (Å²) in [6, 6.07) is 0. The molecule has 2 aromatic heterocycles. The second-order valence-electron chi connectivity index (χ2n) is 6.17. The number of alkyl halides is 1. The summed E-state index contributed by atoms with van der Waals surface area (Å²) in [6.07, 6.45) is 0.484. The van der Waals surface area contributed by atoms with Crippen LogP contribution in [0.15, 0.2) is 22.0 Å². The molecular formula is C15H20FN5O5. The number of halogens is 1. The van der Waals surface area contributed by atoms with Crippen LogP contribution in [0, 0.1) is 6.92 Å². The lowest BCUT2D eigenvalue weighted by Crippen LogP contribution is -2.42. The molecule has 2 aromatic rings. The lowest BCUT2D eigenvalue weighted by Gasteiger charge is -2.17. The zero-order valence-corrected chi connectivity index (χ0v) is 14.2. The SMILES string of the molecule is Cc1cn(C2C[C@H](O)C(CO)O2)c(=O)n(Cc2cn(CCF)nn2)c1=O. The van der Waals surface area contributed by atoms with Crippen LogP contribution in [0.2, 0.25) is 0 Å². The van der Waals surface area contributed by atoms with Gasteiger partial charge in [0.1, 0.15) is 24.7 Å². The zero-order valence-electron chi connectivity index (χ0n) is 14.2. The number of hydrogen-bond acceptors (Lipinski definition) is 7. The summed E-state index contributed by atoms with van der Waals surface area (Å²) in [4.78, 5) is 25.1. The van der Waals surface area contributed by atoms with Crippen molar-refractivity contribution >= 4 is 0 Å². The van der Waals surface area contributed by atoms with Gasteiger partial charge in [0.2, 0.25) is 0 Å². The summed E-state index contributed by atoms with van der Waals surface area (Å²) < 4.78 is 21.4. The van der Waals surface area contributed by atoms with Gasteiger partial charge in [-0.15, -0.1) is 5.10 Å². The number of aliphatic hydroxyl groups is 2. The Hall–Kier alpha value is -2.37. The van der Waals surface area contributed by atoms with Gasteiger partial charge in [0, 0.05) is 18.2 Å². The van der Waals surface area contributed by atoms with E-state index in [2.05, 4.69) is 10.3 Å². The minimum Gasteiger partial charge on any atom is -0.394 e. The average Bonchev–Trinajstić information content (AvgIpc) is 3.21. The molecule has 3 heterocycles. The molecule has 0 amide bonds. The molecule has 0 saturated carbocycles. The third-order valence-electron chi connectivity index (χ3n) is 4.28. The highest BCUT2D eigenvalue weighted by atomic mass is 19.1. The van der Waals surface area contributed by atoms with Crippen LogP contribution in [0.4, 0.5) is 4.39 Å². The summed E-state index contributed by atoms with van der Waals surface area (Å²) in [5.41, 5.74) is -0.457. The smallest absolute Gasteiger partial charge is 0.333 e. The minimum atomic E-state index is -0.904. The topological polar surface area (TPSA) is 124 Å². The predicted octanol–water partition coefficient (Wildman–Crippen LogP) is -1.43. The number of aryl methyl sites for hydroxylation is 2. The second-order valence-corrected chi connectivity index (χ2v) is 6.17. The molecule has 3 atom stereocenters. The Morgan fingerprint density at radius 3 is 2.81 bits per heavy atom. The summed E-state index contributed by atoms with van der Waals surface area (Å²) >= 11 is 0. The van der Waals surface area contributed by atoms with Crippen LogP contribution in [0.25, 0.3) is 0 Å². The van der Waals surface area contributed by atoms with Gasteiger partial charge in [0.25, 0.3) is 5.56 Å². The van der Waals surface area contributed by atoms with Gasteiger partial charge in [-0.05, 0) is 6.92 Å². The molecule has 26 heavy (non-hydrogen) atoms. The Bertz CT molecular complexity index is 891. The van der Waals surface area contributed by atoms with E-state index in [9.17, 15) is 24.2 Å². The van der Waals surface area contributed by atoms with Crippen molar-refractivity contribution in [3.63, 3.8) is 0 Å². The minimum absolute atomic E-state index is 0.0380. The van der Waals surface area contributed by atoms with Gasteiger partial charge in [-0.1, -0.05) is 5.21 Å². The van der Waals surface area contributed by atoms with Crippen LogP contribution in [0.3, 0.4) is 0 Å². The third-order valence-corrected chi connectivity index (χ3v) is 4.28. The first-order valence-electron chi connectivity index (χ1n) is 8.16. The highest BCUT2D eigenvalue weighted by Gasteiger charge is 2.35. The first kappa shape index (κ1) is 18.4. The Morgan fingerprint density at radius 2 is 2.15 bits per heavy atom. The van der Waals surface area contributed by atoms with Crippen LogP contribution in [0.1, 0.15) is 23.9 Å². The molecule has 142 valence electrons. The highest BCUT2D eigenvalue weighted by Crippen LogP contribution is 2.27. The molecule has 0 aliphatic carbocycles. The molecule has 10 nitrogen and oxygen atoms in total. The quantitative estimate of drug-likeness (QED) is 0.639. The summed E-state index contributed by atoms with van der Waals surface area (Å²) in [7, 11) is 0. The Kier molecular flexibility index (Phi) is 5.30. The van der Waals surface area contributed by atoms with Gasteiger partial charge in [-0.2, -0.15) is 0 Å². The van der Waals surface area contributed by atoms with Gasteiger partial charge in [0.05, 0.1) is 32.0 Å². The molecule has 0 aromatic carbocycles. The molecular weight excluding hydrogens is 349 g/mol. The molecule has 1 saturated heterocycles. The van der Waals surface area contributed by atoms with Gasteiger partial charge < -0.3 is 14.9 Å². The first-order valence-corrected chi connectivity index (χ1v) is 8.16. The van der Waals surface area contributed by atoms with Crippen molar-refractivity contribution in [3.8, 4) is 0 Å². The molecule has 0 bridgehead atoms. The van der Waals surface area contributed by atoms with Crippen molar-refractivity contribution in [2.75, 3.05) is 13.3 Å². The van der Waals surface area contributed by atoms with Crippen molar-refractivity contribution in [1.82, 2.24) is 24.1 Å². The molecule has 2 N–H and O–H groups in total. The summed E-state index contributed by atoms with van der Waals surface area (Å²) in [5.74, 6) is 0. The van der Waals surface area contributed by atoms with E-state index < -0.39 is 36.4 Å². The Labute approximate surface area is 147 Å². The zero-order chi connectivity index (χ0) is 18.8. The maximum atomic E-state index is 12.8. The lowest BCUT2D eigenvalue weighted by molar-refractivity contribution is -0.0463. The van der Waals surface area contributed by atoms with E-state index in [0.717, 1.165) is 4.57 Å². The van der Waals surface area contributed by atoms with Crippen LogP contribution < -0.4 is 11.2 Å². The van der Waals surface area contributed by atoms with Crippen molar-refractivity contribution in [3.05, 3.63) is 44.5 Å². The molecule has 0 spiro atoms. The molecule has 2 unspecified atom stereocenters. The monoisotopic (exact) mass is 369 g/mol. The van der Waals surface area contributed by atoms with E-state index in [1.165, 1.54) is 21.6 Å². The van der Waals surface area contributed by atoms with Gasteiger partial charge in [-0.25, -0.2) is 13.9 Å². The van der Waals surface area contributed by atoms with Crippen LogP contribution in [0.5, 0.6) is 0 Å².